The van der Waals surface area contributed by atoms with E-state index in [9.17, 15) is 15.0 Å². The largest absolute Gasteiger partial charge is 0.493 e. The van der Waals surface area contributed by atoms with Gasteiger partial charge in [0.2, 0.25) is 5.88 Å². The van der Waals surface area contributed by atoms with Gasteiger partial charge in [-0.25, -0.2) is 0 Å². The molecule has 0 spiro atoms. The highest BCUT2D eigenvalue weighted by Crippen LogP contribution is 2.25. The van der Waals surface area contributed by atoms with Crippen LogP contribution in [0.2, 0.25) is 0 Å². The maximum Gasteiger partial charge on any atom is 0.262 e. The van der Waals surface area contributed by atoms with Crippen LogP contribution in [-0.4, -0.2) is 20.2 Å². The van der Waals surface area contributed by atoms with Gasteiger partial charge in [-0.3, -0.25) is 4.79 Å². The first-order valence-electron chi connectivity index (χ1n) is 5.26. The van der Waals surface area contributed by atoms with E-state index >= 15 is 0 Å². The summed E-state index contributed by atoms with van der Waals surface area (Å²) in [6.45, 7) is 1.46. The third-order valence-electron chi connectivity index (χ3n) is 2.45. The lowest BCUT2D eigenvalue weighted by molar-refractivity contribution is 0.187. The number of aromatic amines is 1. The number of hydrogen-bond acceptors (Lipinski definition) is 4. The molecule has 5 nitrogen and oxygen atoms in total. The predicted molar refractivity (Wildman–Crippen MR) is 70.3 cm³/mol. The van der Waals surface area contributed by atoms with Gasteiger partial charge in [0, 0.05) is 4.47 Å². The second-order valence-electron chi connectivity index (χ2n) is 3.83. The first-order valence-corrected chi connectivity index (χ1v) is 6.05. The number of aliphatic hydroxyl groups excluding tert-OH is 1. The summed E-state index contributed by atoms with van der Waals surface area (Å²) >= 11 is 3.29. The smallest absolute Gasteiger partial charge is 0.262 e. The topological polar surface area (TPSA) is 86.2 Å². The zero-order valence-electron chi connectivity index (χ0n) is 9.51. The summed E-state index contributed by atoms with van der Waals surface area (Å²) < 4.78 is 0.871. The minimum Gasteiger partial charge on any atom is -0.493 e. The fourth-order valence-corrected chi connectivity index (χ4v) is 1.82. The lowest BCUT2D eigenvalue weighted by atomic mass is 10.1. The molecule has 0 aliphatic rings. The summed E-state index contributed by atoms with van der Waals surface area (Å²) in [5, 5.41) is 19.1. The molecule has 0 bridgehead atoms. The van der Waals surface area contributed by atoms with Gasteiger partial charge in [0.15, 0.2) is 0 Å². The summed E-state index contributed by atoms with van der Waals surface area (Å²) in [6, 6.07) is 6.91. The number of rotatable bonds is 2. The lowest BCUT2D eigenvalue weighted by Gasteiger charge is -2.07. The zero-order chi connectivity index (χ0) is 13.3. The maximum absolute atomic E-state index is 11.9. The number of aromatic hydroxyl groups is 1. The fraction of sp³-hybridized carbons (Fsp3) is 0.167. The van der Waals surface area contributed by atoms with Crippen molar-refractivity contribution in [2.75, 3.05) is 0 Å². The van der Waals surface area contributed by atoms with E-state index < -0.39 is 17.5 Å². The third-order valence-corrected chi connectivity index (χ3v) is 2.98. The van der Waals surface area contributed by atoms with Crippen LogP contribution in [0.1, 0.15) is 18.9 Å². The molecule has 0 aliphatic carbocycles. The van der Waals surface area contributed by atoms with Gasteiger partial charge in [0.1, 0.15) is 17.5 Å². The van der Waals surface area contributed by atoms with E-state index in [0.717, 1.165) is 4.47 Å². The van der Waals surface area contributed by atoms with Crippen LogP contribution < -0.4 is 5.56 Å². The third kappa shape index (κ3) is 2.44. The van der Waals surface area contributed by atoms with Gasteiger partial charge in [-0.05, 0) is 24.6 Å². The Hall–Kier alpha value is -1.66. The Bertz CT molecular complexity index is 620. The van der Waals surface area contributed by atoms with E-state index in [1.165, 1.54) is 6.92 Å². The van der Waals surface area contributed by atoms with Gasteiger partial charge >= 0.3 is 0 Å². The Labute approximate surface area is 111 Å². The first-order chi connectivity index (χ1) is 8.49. The van der Waals surface area contributed by atoms with E-state index in [1.54, 1.807) is 24.3 Å². The van der Waals surface area contributed by atoms with Gasteiger partial charge in [-0.1, -0.05) is 28.1 Å². The molecule has 2 aromatic rings. The van der Waals surface area contributed by atoms with Crippen molar-refractivity contribution in [3.05, 3.63) is 44.9 Å². The molecule has 3 N–H and O–H groups in total. The number of H-pyrrole nitrogens is 1. The highest BCUT2D eigenvalue weighted by Gasteiger charge is 2.14. The van der Waals surface area contributed by atoms with Crippen molar-refractivity contribution in [3.8, 4) is 17.0 Å². The van der Waals surface area contributed by atoms with Gasteiger partial charge < -0.3 is 15.2 Å². The highest BCUT2D eigenvalue weighted by molar-refractivity contribution is 9.10. The Morgan fingerprint density at radius 1 is 1.33 bits per heavy atom. The van der Waals surface area contributed by atoms with Crippen molar-refractivity contribution in [2.45, 2.75) is 13.0 Å². The molecule has 18 heavy (non-hydrogen) atoms. The minimum atomic E-state index is -0.942. The number of hydrogen-bond donors (Lipinski definition) is 3. The lowest BCUT2D eigenvalue weighted by Crippen LogP contribution is -2.15. The molecular weight excluding hydrogens is 300 g/mol. The highest BCUT2D eigenvalue weighted by atomic mass is 79.9. The fourth-order valence-electron chi connectivity index (χ4n) is 1.55. The van der Waals surface area contributed by atoms with E-state index in [4.69, 9.17) is 0 Å². The maximum atomic E-state index is 11.9. The van der Waals surface area contributed by atoms with Crippen LogP contribution in [0.15, 0.2) is 33.5 Å². The summed E-state index contributed by atoms with van der Waals surface area (Å²) in [4.78, 5) is 18.1. The normalized spacial score (nSPS) is 12.4. The molecule has 94 valence electrons. The Morgan fingerprint density at radius 2 is 1.94 bits per heavy atom. The van der Waals surface area contributed by atoms with Gasteiger partial charge in [-0.15, -0.1) is 0 Å². The molecule has 0 amide bonds. The molecular formula is C12H11BrN2O3. The van der Waals surface area contributed by atoms with Crippen LogP contribution in [0.5, 0.6) is 5.88 Å². The first kappa shape index (κ1) is 12.8. The van der Waals surface area contributed by atoms with E-state index in [2.05, 4.69) is 25.9 Å². The summed E-state index contributed by atoms with van der Waals surface area (Å²) in [5.41, 5.74) is 0.161. The van der Waals surface area contributed by atoms with Crippen molar-refractivity contribution >= 4 is 15.9 Å². The molecule has 0 aliphatic heterocycles. The second kappa shape index (κ2) is 4.91. The van der Waals surface area contributed by atoms with Crippen molar-refractivity contribution < 1.29 is 10.2 Å². The van der Waals surface area contributed by atoms with Crippen molar-refractivity contribution in [1.29, 1.82) is 0 Å². The Balaban J connectivity index is 2.59. The zero-order valence-corrected chi connectivity index (χ0v) is 11.1. The Morgan fingerprint density at radius 3 is 2.44 bits per heavy atom. The summed E-state index contributed by atoms with van der Waals surface area (Å²) in [7, 11) is 0. The van der Waals surface area contributed by atoms with Gasteiger partial charge in [0.25, 0.3) is 5.56 Å². The molecule has 1 atom stereocenters. The quantitative estimate of drug-likeness (QED) is 0.791. The minimum absolute atomic E-state index is 0.0401. The number of nitrogens with one attached hydrogen (secondary N) is 1. The number of halogens is 1. The summed E-state index contributed by atoms with van der Waals surface area (Å²) in [5.74, 6) is -0.352. The van der Waals surface area contributed by atoms with Crippen LogP contribution in [0.25, 0.3) is 11.1 Å². The average molecular weight is 311 g/mol. The van der Waals surface area contributed by atoms with E-state index in [0.29, 0.717) is 5.56 Å². The van der Waals surface area contributed by atoms with Crippen molar-refractivity contribution in [1.82, 2.24) is 9.97 Å². The van der Waals surface area contributed by atoms with Gasteiger partial charge in [-0.2, -0.15) is 4.98 Å². The second-order valence-corrected chi connectivity index (χ2v) is 4.75. The monoisotopic (exact) mass is 310 g/mol. The molecule has 6 heteroatoms. The van der Waals surface area contributed by atoms with Crippen molar-refractivity contribution in [2.24, 2.45) is 0 Å². The predicted octanol–water partition coefficient (Wildman–Crippen LogP) is 1.96. The van der Waals surface area contributed by atoms with Gasteiger partial charge in [0.05, 0.1) is 0 Å². The van der Waals surface area contributed by atoms with Crippen LogP contribution >= 0.6 is 15.9 Å². The number of nitrogens with zero attached hydrogens (tertiary/aromatic N) is 1. The number of benzene rings is 1. The Kier molecular flexibility index (Phi) is 3.49. The molecule has 2 rings (SSSR count). The molecule has 0 radical (unpaired) electrons. The number of aromatic nitrogens is 2. The molecule has 0 fully saturated rings. The van der Waals surface area contributed by atoms with E-state index in [-0.39, 0.29) is 11.4 Å². The summed E-state index contributed by atoms with van der Waals surface area (Å²) in [6.07, 6.45) is -0.942. The van der Waals surface area contributed by atoms with Crippen LogP contribution in [-0.2, 0) is 0 Å². The average Bonchev–Trinajstić information content (AvgIpc) is 2.30. The molecule has 1 aromatic heterocycles. The van der Waals surface area contributed by atoms with Crippen LogP contribution in [0.4, 0.5) is 0 Å². The van der Waals surface area contributed by atoms with E-state index in [1.807, 2.05) is 0 Å². The number of aliphatic hydroxyl groups is 1. The molecule has 1 heterocycles. The standard InChI is InChI=1S/C12H11BrN2O3/c1-6(16)10-14-11(17)9(12(18)15-10)7-2-4-8(13)5-3-7/h2-6,16H,1H3,(H2,14,15,17,18)/t6-/m0/s1. The van der Waals surface area contributed by atoms with Crippen molar-refractivity contribution in [3.63, 3.8) is 0 Å². The molecule has 0 saturated heterocycles. The van der Waals surface area contributed by atoms with Crippen LogP contribution in [0.3, 0.4) is 0 Å². The molecule has 0 unspecified atom stereocenters. The van der Waals surface area contributed by atoms with Crippen LogP contribution in [0, 0.1) is 0 Å². The SMILES string of the molecule is C[C@H](O)c1nc(O)c(-c2ccc(Br)cc2)c(=O)[nH]1. The molecule has 1 aromatic carbocycles. The molecule has 0 saturated carbocycles.